The van der Waals surface area contributed by atoms with Gasteiger partial charge in [-0.2, -0.15) is 0 Å². The highest BCUT2D eigenvalue weighted by Gasteiger charge is 2.32. The minimum atomic E-state index is -4.85. The van der Waals surface area contributed by atoms with Gasteiger partial charge < -0.3 is 20.0 Å². The van der Waals surface area contributed by atoms with Gasteiger partial charge in [-0.1, -0.05) is 61.4 Å². The second kappa shape index (κ2) is 15.8. The number of hydrogen-bond donors (Lipinski definition) is 3. The van der Waals surface area contributed by atoms with Crippen molar-refractivity contribution in [2.45, 2.75) is 65.3 Å². The minimum absolute atomic E-state index is 0.0203. The number of carbonyl (C=O) groups excluding carboxylic acids is 1. The number of amides is 1. The van der Waals surface area contributed by atoms with Crippen LogP contribution in [0.5, 0.6) is 11.5 Å². The van der Waals surface area contributed by atoms with E-state index in [0.29, 0.717) is 29.5 Å². The van der Waals surface area contributed by atoms with Gasteiger partial charge in [0.25, 0.3) is 5.91 Å². The zero-order valence-corrected chi connectivity index (χ0v) is 27.1. The van der Waals surface area contributed by atoms with Crippen molar-refractivity contribution in [1.29, 1.82) is 0 Å². The molecule has 0 saturated carbocycles. The lowest BCUT2D eigenvalue weighted by Crippen LogP contribution is -2.30. The molecule has 2 atom stereocenters. The molecule has 3 N–H and O–H groups in total. The summed E-state index contributed by atoms with van der Waals surface area (Å²) in [6.07, 6.45) is -3.75. The van der Waals surface area contributed by atoms with Gasteiger partial charge in [-0.3, -0.25) is 9.59 Å². The summed E-state index contributed by atoms with van der Waals surface area (Å²) in [5, 5.41) is 11.4. The number of carbonyl (C=O) groups is 2. The highest BCUT2D eigenvalue weighted by Crippen LogP contribution is 2.37. The molecule has 0 spiro atoms. The van der Waals surface area contributed by atoms with Crippen LogP contribution < -0.4 is 20.4 Å². The van der Waals surface area contributed by atoms with E-state index >= 15 is 4.39 Å². The average molecular weight is 667 g/mol. The van der Waals surface area contributed by atoms with Crippen LogP contribution in [-0.4, -0.2) is 29.9 Å². The molecule has 0 fully saturated rings. The van der Waals surface area contributed by atoms with Crippen LogP contribution in [0.4, 0.5) is 17.6 Å². The molecule has 7 nitrogen and oxygen atoms in total. The maximum absolute atomic E-state index is 15.5. The fourth-order valence-corrected chi connectivity index (χ4v) is 5.86. The van der Waals surface area contributed by atoms with Gasteiger partial charge in [-0.05, 0) is 97.0 Å². The number of aryl methyl sites for hydroxylation is 3. The predicted molar refractivity (Wildman–Crippen MR) is 174 cm³/mol. The number of rotatable bonds is 14. The van der Waals surface area contributed by atoms with E-state index in [1.807, 2.05) is 39.8 Å². The Morgan fingerprint density at radius 3 is 2.06 bits per heavy atom. The van der Waals surface area contributed by atoms with Crippen molar-refractivity contribution in [2.75, 3.05) is 6.54 Å². The summed E-state index contributed by atoms with van der Waals surface area (Å²) >= 11 is 0. The van der Waals surface area contributed by atoms with Crippen molar-refractivity contribution in [3.63, 3.8) is 0 Å². The van der Waals surface area contributed by atoms with Gasteiger partial charge in [-0.25, -0.2) is 4.39 Å². The molecule has 1 amide bonds. The number of hydroxylamine groups is 1. The molecule has 4 aromatic rings. The van der Waals surface area contributed by atoms with Crippen LogP contribution in [0.15, 0.2) is 78.9 Å². The topological polar surface area (TPSA) is 96.9 Å². The first-order valence-corrected chi connectivity index (χ1v) is 15.5. The smallest absolute Gasteiger partial charge is 0.481 e. The van der Waals surface area contributed by atoms with Crippen molar-refractivity contribution in [2.24, 2.45) is 0 Å². The number of benzene rings is 4. The number of nitrogens with one attached hydrogen (secondary N) is 2. The summed E-state index contributed by atoms with van der Waals surface area (Å²) in [5.41, 5.74) is 9.42. The Morgan fingerprint density at radius 2 is 1.50 bits per heavy atom. The van der Waals surface area contributed by atoms with Crippen molar-refractivity contribution < 1.29 is 41.8 Å². The highest BCUT2D eigenvalue weighted by atomic mass is 19.4. The SMILES string of the molecule is CCCC(c1ccc(C(=O)NCCC(=O)O)cc1)[C@H](NOc1ccc(-c2c(C)cc(C)cc2C)cc1F)c1ccc(OC(F)(F)F)cc1. The fourth-order valence-electron chi connectivity index (χ4n) is 5.86. The second-order valence-electron chi connectivity index (χ2n) is 11.7. The number of carboxylic acids is 1. The van der Waals surface area contributed by atoms with E-state index in [9.17, 15) is 22.8 Å². The van der Waals surface area contributed by atoms with Gasteiger partial charge in [-0.15, -0.1) is 18.7 Å². The molecule has 0 radical (unpaired) electrons. The maximum atomic E-state index is 15.5. The average Bonchev–Trinajstić information content (AvgIpc) is 3.01. The zero-order chi connectivity index (χ0) is 35.0. The molecular formula is C37H38F4N2O5. The molecule has 4 rings (SSSR count). The summed E-state index contributed by atoms with van der Waals surface area (Å²) in [6.45, 7) is 7.90. The van der Waals surface area contributed by atoms with Crippen molar-refractivity contribution >= 4 is 11.9 Å². The number of aliphatic carboxylic acids is 1. The van der Waals surface area contributed by atoms with Crippen LogP contribution in [0.3, 0.4) is 0 Å². The van der Waals surface area contributed by atoms with E-state index < -0.39 is 30.1 Å². The molecule has 11 heteroatoms. The lowest BCUT2D eigenvalue weighted by Gasteiger charge is -2.29. The predicted octanol–water partition coefficient (Wildman–Crippen LogP) is 8.73. The molecule has 48 heavy (non-hydrogen) atoms. The summed E-state index contributed by atoms with van der Waals surface area (Å²) in [7, 11) is 0. The number of hydrogen-bond acceptors (Lipinski definition) is 5. The Balaban J connectivity index is 1.63. The first-order valence-electron chi connectivity index (χ1n) is 15.5. The molecule has 0 aliphatic carbocycles. The third kappa shape index (κ3) is 9.57. The van der Waals surface area contributed by atoms with Gasteiger partial charge in [0.2, 0.25) is 0 Å². The van der Waals surface area contributed by atoms with Crippen LogP contribution in [0.25, 0.3) is 11.1 Å². The molecule has 254 valence electrons. The van der Waals surface area contributed by atoms with E-state index in [1.54, 1.807) is 30.3 Å². The van der Waals surface area contributed by atoms with E-state index in [0.717, 1.165) is 27.8 Å². The standard InChI is InChI=1S/C37H38F4N2O5/c1-5-6-30(25-7-9-27(10-8-25)36(46)42-18-17-33(44)45)35(26-11-14-29(15-12-26)47-37(39,40)41)43-48-32-16-13-28(21-31(32)38)34-23(3)19-22(2)20-24(34)4/h7-16,19-21,30,35,43H,5-6,17-18H2,1-4H3,(H,42,46)(H,44,45)/t30?,35-/m1/s1. The molecule has 4 aromatic carbocycles. The second-order valence-corrected chi connectivity index (χ2v) is 11.7. The Morgan fingerprint density at radius 1 is 0.875 bits per heavy atom. The largest absolute Gasteiger partial charge is 0.573 e. The number of ether oxygens (including phenoxy) is 1. The monoisotopic (exact) mass is 666 g/mol. The molecule has 1 unspecified atom stereocenters. The fraction of sp³-hybridized carbons (Fsp3) is 0.297. The van der Waals surface area contributed by atoms with E-state index in [2.05, 4.69) is 15.5 Å². The molecule has 0 aromatic heterocycles. The van der Waals surface area contributed by atoms with Crippen LogP contribution in [0.1, 0.15) is 76.3 Å². The van der Waals surface area contributed by atoms with E-state index in [-0.39, 0.29) is 30.4 Å². The molecule has 0 aliphatic heterocycles. The van der Waals surface area contributed by atoms with Crippen molar-refractivity contribution in [1.82, 2.24) is 10.8 Å². The quantitative estimate of drug-likeness (QED) is 0.0920. The van der Waals surface area contributed by atoms with Gasteiger partial charge in [0.05, 0.1) is 12.5 Å². The first kappa shape index (κ1) is 35.9. The van der Waals surface area contributed by atoms with Crippen LogP contribution in [0.2, 0.25) is 0 Å². The van der Waals surface area contributed by atoms with Gasteiger partial charge in [0.15, 0.2) is 11.6 Å². The number of carboxylic acid groups (broad SMARTS) is 1. The Hall–Kier alpha value is -4.90. The lowest BCUT2D eigenvalue weighted by molar-refractivity contribution is -0.274. The summed E-state index contributed by atoms with van der Waals surface area (Å²) < 4.78 is 58.1. The van der Waals surface area contributed by atoms with Gasteiger partial charge in [0.1, 0.15) is 5.75 Å². The molecule has 0 saturated heterocycles. The Kier molecular flexibility index (Phi) is 11.8. The maximum Gasteiger partial charge on any atom is 0.573 e. The van der Waals surface area contributed by atoms with E-state index in [4.69, 9.17) is 9.94 Å². The zero-order valence-electron chi connectivity index (χ0n) is 27.1. The third-order valence-electron chi connectivity index (χ3n) is 7.89. The number of alkyl halides is 3. The summed E-state index contributed by atoms with van der Waals surface area (Å²) in [5.74, 6) is -2.83. The lowest BCUT2D eigenvalue weighted by atomic mass is 9.84. The molecule has 0 bridgehead atoms. The van der Waals surface area contributed by atoms with Crippen LogP contribution in [0, 0.1) is 26.6 Å². The normalized spacial score (nSPS) is 12.7. The van der Waals surface area contributed by atoms with Crippen molar-refractivity contribution in [3.8, 4) is 22.6 Å². The summed E-state index contributed by atoms with van der Waals surface area (Å²) in [4.78, 5) is 29.2. The Labute approximate surface area is 276 Å². The van der Waals surface area contributed by atoms with Gasteiger partial charge >= 0.3 is 12.3 Å². The molecular weight excluding hydrogens is 628 g/mol. The molecule has 0 heterocycles. The van der Waals surface area contributed by atoms with Crippen molar-refractivity contribution in [3.05, 3.63) is 118 Å². The summed E-state index contributed by atoms with van der Waals surface area (Å²) in [6, 6.07) is 20.2. The van der Waals surface area contributed by atoms with Crippen LogP contribution >= 0.6 is 0 Å². The first-order chi connectivity index (χ1) is 22.8. The third-order valence-corrected chi connectivity index (χ3v) is 7.89. The molecule has 0 aliphatic rings. The van der Waals surface area contributed by atoms with Gasteiger partial charge in [0, 0.05) is 18.0 Å². The highest BCUT2D eigenvalue weighted by molar-refractivity contribution is 5.94. The Bertz CT molecular complexity index is 1700. The number of halogens is 4. The van der Waals surface area contributed by atoms with E-state index in [1.165, 1.54) is 36.4 Å². The van der Waals surface area contributed by atoms with Crippen LogP contribution in [-0.2, 0) is 4.79 Å². The minimum Gasteiger partial charge on any atom is -0.481 e.